The highest BCUT2D eigenvalue weighted by atomic mass is 35.5. The zero-order valence-corrected chi connectivity index (χ0v) is 9.78. The zero-order valence-electron chi connectivity index (χ0n) is 9.03. The van der Waals surface area contributed by atoms with Crippen molar-refractivity contribution in [2.45, 2.75) is 31.6 Å². The second-order valence-corrected chi connectivity index (χ2v) is 4.85. The molecule has 0 spiro atoms. The largest absolute Gasteiger partial charge is 0.481 e. The molecule has 2 nitrogen and oxygen atoms in total. The lowest BCUT2D eigenvalue weighted by Gasteiger charge is -2.28. The number of rotatable bonds is 4. The summed E-state index contributed by atoms with van der Waals surface area (Å²) in [7, 11) is 0. The highest BCUT2D eigenvalue weighted by molar-refractivity contribution is 6.31. The molecule has 0 bridgehead atoms. The Morgan fingerprint density at radius 2 is 2.12 bits per heavy atom. The molecule has 1 aromatic rings. The van der Waals surface area contributed by atoms with Gasteiger partial charge in [0.2, 0.25) is 0 Å². The quantitative estimate of drug-likeness (QED) is 0.869. The average molecular weight is 239 g/mol. The predicted molar refractivity (Wildman–Crippen MR) is 63.8 cm³/mol. The van der Waals surface area contributed by atoms with Crippen LogP contribution in [0.15, 0.2) is 24.3 Å². The van der Waals surface area contributed by atoms with Crippen molar-refractivity contribution in [3.8, 4) is 0 Å². The van der Waals surface area contributed by atoms with Gasteiger partial charge in [-0.2, -0.15) is 0 Å². The molecule has 86 valence electrons. The SMILES string of the molecule is O=C(O)C(CC1CCC1)c1ccccc1Cl. The van der Waals surface area contributed by atoms with Gasteiger partial charge in [-0.15, -0.1) is 0 Å². The van der Waals surface area contributed by atoms with E-state index in [1.54, 1.807) is 6.07 Å². The second kappa shape index (κ2) is 4.88. The van der Waals surface area contributed by atoms with Gasteiger partial charge >= 0.3 is 5.97 Å². The number of carboxylic acid groups (broad SMARTS) is 1. The Balaban J connectivity index is 2.18. The Bertz CT molecular complexity index is 385. The third kappa shape index (κ3) is 2.38. The summed E-state index contributed by atoms with van der Waals surface area (Å²) in [6.07, 6.45) is 4.28. The van der Waals surface area contributed by atoms with Gasteiger partial charge in [0.05, 0.1) is 5.92 Å². The van der Waals surface area contributed by atoms with Crippen molar-refractivity contribution in [2.75, 3.05) is 0 Å². The van der Waals surface area contributed by atoms with E-state index in [1.807, 2.05) is 18.2 Å². The molecule has 1 aliphatic carbocycles. The fourth-order valence-electron chi connectivity index (χ4n) is 2.18. The standard InChI is InChI=1S/C13H15ClO2/c14-12-7-2-1-6-10(12)11(13(15)16)8-9-4-3-5-9/h1-2,6-7,9,11H,3-5,8H2,(H,15,16). The summed E-state index contributed by atoms with van der Waals surface area (Å²) in [4.78, 5) is 11.3. The number of hydrogen-bond acceptors (Lipinski definition) is 1. The van der Waals surface area contributed by atoms with E-state index >= 15 is 0 Å². The summed E-state index contributed by atoms with van der Waals surface area (Å²) in [6.45, 7) is 0. The molecule has 2 rings (SSSR count). The normalized spacial score (nSPS) is 17.8. The minimum atomic E-state index is -0.764. The number of carboxylic acids is 1. The zero-order chi connectivity index (χ0) is 11.5. The predicted octanol–water partition coefficient (Wildman–Crippen LogP) is 3.70. The summed E-state index contributed by atoms with van der Waals surface area (Å²) in [5.41, 5.74) is 0.753. The van der Waals surface area contributed by atoms with Crippen molar-refractivity contribution >= 4 is 17.6 Å². The van der Waals surface area contributed by atoms with Gasteiger partial charge in [-0.3, -0.25) is 4.79 Å². The van der Waals surface area contributed by atoms with Gasteiger partial charge < -0.3 is 5.11 Å². The minimum absolute atomic E-state index is 0.445. The molecule has 1 aliphatic rings. The topological polar surface area (TPSA) is 37.3 Å². The molecule has 0 saturated heterocycles. The smallest absolute Gasteiger partial charge is 0.311 e. The van der Waals surface area contributed by atoms with E-state index in [9.17, 15) is 9.90 Å². The maximum absolute atomic E-state index is 11.3. The van der Waals surface area contributed by atoms with Crippen molar-refractivity contribution in [2.24, 2.45) is 5.92 Å². The number of benzene rings is 1. The van der Waals surface area contributed by atoms with Crippen LogP contribution in [0.2, 0.25) is 5.02 Å². The van der Waals surface area contributed by atoms with Crippen molar-refractivity contribution < 1.29 is 9.90 Å². The molecular formula is C13H15ClO2. The highest BCUT2D eigenvalue weighted by Gasteiger charge is 2.28. The summed E-state index contributed by atoms with van der Waals surface area (Å²) < 4.78 is 0. The van der Waals surface area contributed by atoms with Crippen molar-refractivity contribution in [1.29, 1.82) is 0 Å². The van der Waals surface area contributed by atoms with Gasteiger partial charge in [-0.05, 0) is 24.0 Å². The van der Waals surface area contributed by atoms with E-state index in [1.165, 1.54) is 6.42 Å². The van der Waals surface area contributed by atoms with E-state index in [0.717, 1.165) is 24.8 Å². The Hall–Kier alpha value is -1.02. The summed E-state index contributed by atoms with van der Waals surface area (Å²) >= 11 is 6.04. The molecule has 0 aromatic heterocycles. The van der Waals surface area contributed by atoms with Crippen LogP contribution in [-0.2, 0) is 4.79 Å². The summed E-state index contributed by atoms with van der Waals surface area (Å²) in [5.74, 6) is -0.642. The molecule has 16 heavy (non-hydrogen) atoms. The van der Waals surface area contributed by atoms with Gasteiger partial charge in [-0.1, -0.05) is 49.1 Å². The van der Waals surface area contributed by atoms with Gasteiger partial charge in [0.1, 0.15) is 0 Å². The maximum atomic E-state index is 11.3. The minimum Gasteiger partial charge on any atom is -0.481 e. The van der Waals surface area contributed by atoms with E-state index in [4.69, 9.17) is 11.6 Å². The first kappa shape index (κ1) is 11.5. The van der Waals surface area contributed by atoms with Crippen LogP contribution in [0.5, 0.6) is 0 Å². The van der Waals surface area contributed by atoms with Gasteiger partial charge in [-0.25, -0.2) is 0 Å². The summed E-state index contributed by atoms with van der Waals surface area (Å²) in [6, 6.07) is 7.25. The number of aliphatic carboxylic acids is 1. The van der Waals surface area contributed by atoms with Gasteiger partial charge in [0, 0.05) is 5.02 Å². The lowest BCUT2D eigenvalue weighted by atomic mass is 9.77. The first-order valence-electron chi connectivity index (χ1n) is 5.65. The number of halogens is 1. The number of hydrogen-bond donors (Lipinski definition) is 1. The van der Waals surface area contributed by atoms with Gasteiger partial charge in [0.25, 0.3) is 0 Å². The van der Waals surface area contributed by atoms with Crippen LogP contribution in [0.4, 0.5) is 0 Å². The molecule has 3 heteroatoms. The highest BCUT2D eigenvalue weighted by Crippen LogP contribution is 2.37. The Kier molecular flexibility index (Phi) is 3.49. The molecule has 1 unspecified atom stereocenters. The van der Waals surface area contributed by atoms with E-state index < -0.39 is 11.9 Å². The van der Waals surface area contributed by atoms with E-state index in [-0.39, 0.29) is 0 Å². The molecule has 0 aliphatic heterocycles. The molecular weight excluding hydrogens is 224 g/mol. The van der Waals surface area contributed by atoms with Crippen LogP contribution >= 0.6 is 11.6 Å². The molecule has 0 heterocycles. The van der Waals surface area contributed by atoms with Crippen LogP contribution in [0.3, 0.4) is 0 Å². The number of carbonyl (C=O) groups is 1. The molecule has 1 saturated carbocycles. The Morgan fingerprint density at radius 3 is 2.62 bits per heavy atom. The molecule has 1 N–H and O–H groups in total. The first-order valence-corrected chi connectivity index (χ1v) is 6.03. The van der Waals surface area contributed by atoms with E-state index in [2.05, 4.69) is 0 Å². The second-order valence-electron chi connectivity index (χ2n) is 4.44. The lowest BCUT2D eigenvalue weighted by molar-refractivity contribution is -0.139. The molecule has 1 atom stereocenters. The molecule has 1 fully saturated rings. The van der Waals surface area contributed by atoms with Crippen molar-refractivity contribution in [1.82, 2.24) is 0 Å². The fourth-order valence-corrected chi connectivity index (χ4v) is 2.45. The van der Waals surface area contributed by atoms with Gasteiger partial charge in [0.15, 0.2) is 0 Å². The van der Waals surface area contributed by atoms with Crippen LogP contribution in [-0.4, -0.2) is 11.1 Å². The monoisotopic (exact) mass is 238 g/mol. The average Bonchev–Trinajstić information content (AvgIpc) is 2.18. The molecule has 0 amide bonds. The summed E-state index contributed by atoms with van der Waals surface area (Å²) in [5, 5.41) is 9.83. The van der Waals surface area contributed by atoms with Crippen molar-refractivity contribution in [3.05, 3.63) is 34.9 Å². The first-order chi connectivity index (χ1) is 7.68. The third-order valence-electron chi connectivity index (χ3n) is 3.37. The lowest BCUT2D eigenvalue weighted by Crippen LogP contribution is -2.20. The molecule has 1 aromatic carbocycles. The molecule has 0 radical (unpaired) electrons. The van der Waals surface area contributed by atoms with Crippen molar-refractivity contribution in [3.63, 3.8) is 0 Å². The maximum Gasteiger partial charge on any atom is 0.311 e. The Morgan fingerprint density at radius 1 is 1.44 bits per heavy atom. The van der Waals surface area contributed by atoms with Crippen LogP contribution in [0.1, 0.15) is 37.2 Å². The van der Waals surface area contributed by atoms with E-state index in [0.29, 0.717) is 10.9 Å². The van der Waals surface area contributed by atoms with Crippen LogP contribution < -0.4 is 0 Å². The van der Waals surface area contributed by atoms with Crippen LogP contribution in [0.25, 0.3) is 0 Å². The Labute approximate surface area is 100 Å². The fraction of sp³-hybridized carbons (Fsp3) is 0.462. The third-order valence-corrected chi connectivity index (χ3v) is 3.72. The van der Waals surface area contributed by atoms with Crippen LogP contribution in [0, 0.1) is 5.92 Å².